The van der Waals surface area contributed by atoms with Crippen LogP contribution in [0, 0.1) is 0 Å². The molecule has 0 aliphatic carbocycles. The van der Waals surface area contributed by atoms with E-state index in [0.717, 1.165) is 0 Å². The van der Waals surface area contributed by atoms with Gasteiger partial charge in [0.05, 0.1) is 0 Å². The van der Waals surface area contributed by atoms with Gasteiger partial charge in [0.1, 0.15) is 0 Å². The Hall–Kier alpha value is -0.580. The molecule has 0 aliphatic heterocycles. The van der Waals surface area contributed by atoms with Gasteiger partial charge in [-0.15, -0.1) is 0 Å². The fourth-order valence-corrected chi connectivity index (χ4v) is 1.21. The van der Waals surface area contributed by atoms with E-state index in [1.54, 1.807) is 0 Å². The van der Waals surface area contributed by atoms with Gasteiger partial charge in [0.15, 0.2) is 12.2 Å². The highest BCUT2D eigenvalue weighted by molar-refractivity contribution is 4.69. The Morgan fingerprint density at radius 2 is 1.00 bits per heavy atom. The lowest BCUT2D eigenvalue weighted by molar-refractivity contribution is -0.202. The summed E-state index contributed by atoms with van der Waals surface area (Å²) in [5.74, 6) is 0. The topological polar surface area (TPSA) is 64.5 Å². The van der Waals surface area contributed by atoms with E-state index in [4.69, 9.17) is 10.2 Å². The van der Waals surface area contributed by atoms with Crippen LogP contribution in [0.25, 0.3) is 0 Å². The molecule has 2 atom stereocenters. The summed E-state index contributed by atoms with van der Waals surface area (Å²) >= 11 is 0. The zero-order valence-corrected chi connectivity index (χ0v) is 10.6. The average molecular weight is 312 g/mol. The molecule has 4 nitrogen and oxygen atoms in total. The van der Waals surface area contributed by atoms with Gasteiger partial charge in [0, 0.05) is 13.1 Å². The zero-order chi connectivity index (χ0) is 15.8. The number of hydrogen-bond acceptors (Lipinski definition) is 4. The van der Waals surface area contributed by atoms with Crippen LogP contribution in [0.4, 0.5) is 26.3 Å². The first-order chi connectivity index (χ1) is 9.05. The number of halogens is 6. The van der Waals surface area contributed by atoms with E-state index in [9.17, 15) is 26.3 Å². The zero-order valence-electron chi connectivity index (χ0n) is 10.6. The lowest BCUT2D eigenvalue weighted by Crippen LogP contribution is -2.39. The molecule has 0 fully saturated rings. The molecule has 0 amide bonds. The van der Waals surface area contributed by atoms with Crippen molar-refractivity contribution in [2.24, 2.45) is 0 Å². The molecular formula is C10H18F6N2O2. The third kappa shape index (κ3) is 9.34. The van der Waals surface area contributed by atoms with Crippen LogP contribution in [-0.2, 0) is 0 Å². The van der Waals surface area contributed by atoms with Crippen molar-refractivity contribution in [3.05, 3.63) is 0 Å². The highest BCUT2D eigenvalue weighted by atomic mass is 19.4. The van der Waals surface area contributed by atoms with Gasteiger partial charge < -0.3 is 20.8 Å². The van der Waals surface area contributed by atoms with Crippen molar-refractivity contribution < 1.29 is 36.6 Å². The molecule has 0 saturated heterocycles. The molecule has 0 unspecified atom stereocenters. The van der Waals surface area contributed by atoms with Gasteiger partial charge in [-0.3, -0.25) is 0 Å². The largest absolute Gasteiger partial charge is 0.415 e. The number of nitrogens with one attached hydrogen (secondary N) is 2. The van der Waals surface area contributed by atoms with Gasteiger partial charge >= 0.3 is 12.4 Å². The van der Waals surface area contributed by atoms with Crippen LogP contribution in [0.1, 0.15) is 12.8 Å². The molecule has 0 saturated carbocycles. The maximum atomic E-state index is 11.9. The fourth-order valence-electron chi connectivity index (χ4n) is 1.21. The van der Waals surface area contributed by atoms with E-state index in [-0.39, 0.29) is 13.1 Å². The molecule has 0 aromatic heterocycles. The van der Waals surface area contributed by atoms with Crippen molar-refractivity contribution in [3.8, 4) is 0 Å². The maximum absolute atomic E-state index is 11.9. The Labute approximate surface area is 112 Å². The van der Waals surface area contributed by atoms with Gasteiger partial charge in [-0.2, -0.15) is 26.3 Å². The van der Waals surface area contributed by atoms with Crippen molar-refractivity contribution in [1.29, 1.82) is 0 Å². The second kappa shape index (κ2) is 8.65. The van der Waals surface area contributed by atoms with Gasteiger partial charge in [-0.25, -0.2) is 0 Å². The molecule has 0 spiro atoms. The lowest BCUT2D eigenvalue weighted by atomic mass is 10.2. The van der Waals surface area contributed by atoms with Crippen LogP contribution in [0.2, 0.25) is 0 Å². The van der Waals surface area contributed by atoms with Crippen LogP contribution in [0.5, 0.6) is 0 Å². The molecular weight excluding hydrogens is 294 g/mol. The van der Waals surface area contributed by atoms with Crippen LogP contribution in [0.15, 0.2) is 0 Å². The summed E-state index contributed by atoms with van der Waals surface area (Å²) in [6.07, 6.45) is -13.3. The second-order valence-electron chi connectivity index (χ2n) is 4.23. The molecule has 0 aromatic rings. The summed E-state index contributed by atoms with van der Waals surface area (Å²) in [5, 5.41) is 22.0. The standard InChI is InChI=1S/C10H18F6N2O2/c11-9(12,13)7(19)5-17-3-1-2-4-18-6-8(20)10(14,15)16/h7-8,17-20H,1-6H2/t7-,8+. The van der Waals surface area contributed by atoms with Crippen molar-refractivity contribution in [2.45, 2.75) is 37.4 Å². The maximum Gasteiger partial charge on any atom is 0.415 e. The van der Waals surface area contributed by atoms with Crippen molar-refractivity contribution >= 4 is 0 Å². The summed E-state index contributed by atoms with van der Waals surface area (Å²) in [4.78, 5) is 0. The van der Waals surface area contributed by atoms with Crippen molar-refractivity contribution in [3.63, 3.8) is 0 Å². The van der Waals surface area contributed by atoms with E-state index in [1.165, 1.54) is 0 Å². The predicted octanol–water partition coefficient (Wildman–Crippen LogP) is 0.792. The normalized spacial score (nSPS) is 16.2. The molecule has 20 heavy (non-hydrogen) atoms. The minimum absolute atomic E-state index is 0.205. The van der Waals surface area contributed by atoms with Gasteiger partial charge in [-0.1, -0.05) is 0 Å². The van der Waals surface area contributed by atoms with Crippen LogP contribution < -0.4 is 10.6 Å². The third-order valence-corrected chi connectivity index (χ3v) is 2.39. The summed E-state index contributed by atoms with van der Waals surface area (Å²) in [6, 6.07) is 0. The number of rotatable bonds is 9. The molecule has 0 radical (unpaired) electrons. The van der Waals surface area contributed by atoms with E-state index in [0.29, 0.717) is 12.8 Å². The first-order valence-corrected chi connectivity index (χ1v) is 5.96. The highest BCUT2D eigenvalue weighted by Crippen LogP contribution is 2.19. The molecule has 0 heterocycles. The van der Waals surface area contributed by atoms with E-state index < -0.39 is 37.7 Å². The molecule has 4 N–H and O–H groups in total. The summed E-state index contributed by atoms with van der Waals surface area (Å²) in [5.41, 5.74) is 0. The molecule has 0 bridgehead atoms. The Kier molecular flexibility index (Phi) is 8.40. The van der Waals surface area contributed by atoms with Gasteiger partial charge in [0.25, 0.3) is 0 Å². The quantitative estimate of drug-likeness (QED) is 0.375. The van der Waals surface area contributed by atoms with E-state index in [2.05, 4.69) is 10.6 Å². The number of alkyl halides is 6. The Morgan fingerprint density at radius 1 is 0.700 bits per heavy atom. The fraction of sp³-hybridized carbons (Fsp3) is 1.00. The third-order valence-electron chi connectivity index (χ3n) is 2.39. The molecule has 0 rings (SSSR count). The highest BCUT2D eigenvalue weighted by Gasteiger charge is 2.38. The van der Waals surface area contributed by atoms with E-state index in [1.807, 2.05) is 0 Å². The Morgan fingerprint density at radius 3 is 1.25 bits per heavy atom. The summed E-state index contributed by atoms with van der Waals surface area (Å²) < 4.78 is 71.3. The van der Waals surface area contributed by atoms with Crippen LogP contribution in [-0.4, -0.2) is 61.0 Å². The van der Waals surface area contributed by atoms with E-state index >= 15 is 0 Å². The molecule has 10 heteroatoms. The SMILES string of the molecule is O[C@H](CNCCCCNC[C@H](O)C(F)(F)F)C(F)(F)F. The molecule has 0 aromatic carbocycles. The minimum Gasteiger partial charge on any atom is -0.382 e. The Bertz CT molecular complexity index is 233. The first kappa shape index (κ1) is 19.4. The first-order valence-electron chi connectivity index (χ1n) is 5.96. The van der Waals surface area contributed by atoms with Crippen LogP contribution >= 0.6 is 0 Å². The number of hydrogen-bond donors (Lipinski definition) is 4. The van der Waals surface area contributed by atoms with Crippen molar-refractivity contribution in [1.82, 2.24) is 10.6 Å². The number of aliphatic hydroxyl groups excluding tert-OH is 2. The van der Waals surface area contributed by atoms with Crippen LogP contribution in [0.3, 0.4) is 0 Å². The number of unbranched alkanes of at least 4 members (excludes halogenated alkanes) is 1. The average Bonchev–Trinajstić information content (AvgIpc) is 2.29. The summed E-state index contributed by atoms with van der Waals surface area (Å²) in [6.45, 7) is -0.833. The van der Waals surface area contributed by atoms with Gasteiger partial charge in [0.2, 0.25) is 0 Å². The minimum atomic E-state index is -4.66. The smallest absolute Gasteiger partial charge is 0.382 e. The molecule has 0 aliphatic rings. The monoisotopic (exact) mass is 312 g/mol. The molecule has 122 valence electrons. The summed E-state index contributed by atoms with van der Waals surface area (Å²) in [7, 11) is 0. The van der Waals surface area contributed by atoms with Gasteiger partial charge in [-0.05, 0) is 25.9 Å². The predicted molar refractivity (Wildman–Crippen MR) is 59.1 cm³/mol. The Balaban J connectivity index is 3.42. The lowest BCUT2D eigenvalue weighted by Gasteiger charge is -2.15. The van der Waals surface area contributed by atoms with Crippen molar-refractivity contribution in [2.75, 3.05) is 26.2 Å². The number of aliphatic hydroxyl groups is 2. The second-order valence-corrected chi connectivity index (χ2v) is 4.23.